The highest BCUT2D eigenvalue weighted by molar-refractivity contribution is 9.10. The van der Waals surface area contributed by atoms with Crippen LogP contribution in [-0.4, -0.2) is 23.3 Å². The molecule has 19 heavy (non-hydrogen) atoms. The van der Waals surface area contributed by atoms with Crippen LogP contribution in [-0.2, 0) is 0 Å². The van der Waals surface area contributed by atoms with Crippen LogP contribution in [0.2, 0.25) is 0 Å². The second kappa shape index (κ2) is 5.15. The molecule has 1 fully saturated rings. The molecule has 0 aliphatic carbocycles. The Morgan fingerprint density at radius 3 is 2.63 bits per heavy atom. The Labute approximate surface area is 123 Å². The van der Waals surface area contributed by atoms with Crippen LogP contribution >= 0.6 is 15.9 Å². The molecule has 102 valence electrons. The van der Waals surface area contributed by atoms with Crippen molar-refractivity contribution in [2.75, 3.05) is 11.4 Å². The highest BCUT2D eigenvalue weighted by Crippen LogP contribution is 2.37. The average molecular weight is 323 g/mol. The lowest BCUT2D eigenvalue weighted by Gasteiger charge is -2.33. The van der Waals surface area contributed by atoms with E-state index in [1.54, 1.807) is 0 Å². The zero-order valence-corrected chi connectivity index (χ0v) is 13.1. The molecule has 3 nitrogen and oxygen atoms in total. The van der Waals surface area contributed by atoms with E-state index < -0.39 is 5.60 Å². The van der Waals surface area contributed by atoms with Crippen LogP contribution < -0.4 is 4.90 Å². The van der Waals surface area contributed by atoms with Crippen molar-refractivity contribution in [1.82, 2.24) is 0 Å². The first-order chi connectivity index (χ1) is 8.84. The van der Waals surface area contributed by atoms with E-state index in [0.29, 0.717) is 11.6 Å². The van der Waals surface area contributed by atoms with Gasteiger partial charge in [0.1, 0.15) is 6.07 Å². The van der Waals surface area contributed by atoms with E-state index in [9.17, 15) is 5.11 Å². The first-order valence-electron chi connectivity index (χ1n) is 6.53. The van der Waals surface area contributed by atoms with Gasteiger partial charge in [0.05, 0.1) is 11.2 Å². The van der Waals surface area contributed by atoms with Gasteiger partial charge in [-0.1, -0.05) is 0 Å². The fourth-order valence-corrected chi connectivity index (χ4v) is 3.48. The minimum Gasteiger partial charge on any atom is -0.390 e. The summed E-state index contributed by atoms with van der Waals surface area (Å²) in [5.74, 6) is 0.266. The summed E-state index contributed by atoms with van der Waals surface area (Å²) < 4.78 is 0.825. The third-order valence-electron chi connectivity index (χ3n) is 4.07. The SMILES string of the molecule is C[C@H]1[C@@H](C(C)(C)O)CCN1c1ccc(C#N)c(Br)c1. The molecule has 0 radical (unpaired) electrons. The predicted octanol–water partition coefficient (Wildman–Crippen LogP) is 3.31. The summed E-state index contributed by atoms with van der Waals surface area (Å²) >= 11 is 3.43. The highest BCUT2D eigenvalue weighted by Gasteiger charge is 2.39. The van der Waals surface area contributed by atoms with Crippen LogP contribution in [0, 0.1) is 17.2 Å². The zero-order chi connectivity index (χ0) is 14.2. The van der Waals surface area contributed by atoms with Crippen molar-refractivity contribution in [2.24, 2.45) is 5.92 Å². The fourth-order valence-electron chi connectivity index (χ4n) is 3.02. The number of hydrogen-bond donors (Lipinski definition) is 1. The molecule has 2 rings (SSSR count). The van der Waals surface area contributed by atoms with Gasteiger partial charge >= 0.3 is 0 Å². The normalized spacial score (nSPS) is 23.5. The van der Waals surface area contributed by atoms with Crippen LogP contribution in [0.1, 0.15) is 32.8 Å². The highest BCUT2D eigenvalue weighted by atomic mass is 79.9. The maximum atomic E-state index is 10.2. The molecule has 4 heteroatoms. The molecule has 1 heterocycles. The largest absolute Gasteiger partial charge is 0.390 e. The number of aliphatic hydroxyl groups is 1. The van der Waals surface area contributed by atoms with E-state index in [4.69, 9.17) is 5.26 Å². The number of nitriles is 1. The summed E-state index contributed by atoms with van der Waals surface area (Å²) in [6.45, 7) is 6.86. The van der Waals surface area contributed by atoms with Gasteiger partial charge in [0.25, 0.3) is 0 Å². The van der Waals surface area contributed by atoms with Crippen LogP contribution in [0.4, 0.5) is 5.69 Å². The van der Waals surface area contributed by atoms with Crippen molar-refractivity contribution >= 4 is 21.6 Å². The number of rotatable bonds is 2. The van der Waals surface area contributed by atoms with Crippen LogP contribution in [0.15, 0.2) is 22.7 Å². The minimum absolute atomic E-state index is 0.266. The maximum absolute atomic E-state index is 10.2. The van der Waals surface area contributed by atoms with Gasteiger partial charge < -0.3 is 10.0 Å². The van der Waals surface area contributed by atoms with E-state index >= 15 is 0 Å². The minimum atomic E-state index is -0.655. The number of nitrogens with zero attached hydrogens (tertiary/aromatic N) is 2. The summed E-state index contributed by atoms with van der Waals surface area (Å²) in [4.78, 5) is 2.30. The summed E-state index contributed by atoms with van der Waals surface area (Å²) in [5, 5.41) is 19.2. The predicted molar refractivity (Wildman–Crippen MR) is 80.1 cm³/mol. The van der Waals surface area contributed by atoms with Crippen LogP contribution in [0.5, 0.6) is 0 Å². The lowest BCUT2D eigenvalue weighted by Crippen LogP contribution is -2.40. The van der Waals surface area contributed by atoms with E-state index in [1.807, 2.05) is 32.0 Å². The third-order valence-corrected chi connectivity index (χ3v) is 4.72. The van der Waals surface area contributed by atoms with Gasteiger partial charge in [-0.15, -0.1) is 0 Å². The second-order valence-corrected chi connectivity index (χ2v) is 6.61. The van der Waals surface area contributed by atoms with E-state index in [2.05, 4.69) is 33.8 Å². The molecular formula is C15H19BrN2O. The summed E-state index contributed by atoms with van der Waals surface area (Å²) in [7, 11) is 0. The molecule has 0 amide bonds. The molecule has 1 aromatic rings. The molecule has 0 spiro atoms. The molecule has 0 unspecified atom stereocenters. The van der Waals surface area contributed by atoms with Crippen molar-refractivity contribution in [1.29, 1.82) is 5.26 Å². The molecule has 1 aliphatic heterocycles. The lowest BCUT2D eigenvalue weighted by molar-refractivity contribution is 0.0156. The average Bonchev–Trinajstić information content (AvgIpc) is 2.70. The van der Waals surface area contributed by atoms with Gasteiger partial charge in [0, 0.05) is 28.7 Å². The third kappa shape index (κ3) is 2.77. The van der Waals surface area contributed by atoms with Crippen molar-refractivity contribution in [3.05, 3.63) is 28.2 Å². The molecular weight excluding hydrogens is 304 g/mol. The van der Waals surface area contributed by atoms with Crippen LogP contribution in [0.3, 0.4) is 0 Å². The number of benzene rings is 1. The molecule has 1 aliphatic rings. The van der Waals surface area contributed by atoms with Gasteiger partial charge in [-0.25, -0.2) is 0 Å². The van der Waals surface area contributed by atoms with Gasteiger partial charge in [0.2, 0.25) is 0 Å². The Balaban J connectivity index is 2.25. The number of hydrogen-bond acceptors (Lipinski definition) is 3. The molecule has 0 bridgehead atoms. The summed E-state index contributed by atoms with van der Waals surface area (Å²) in [5.41, 5.74) is 1.10. The molecule has 1 saturated heterocycles. The first kappa shape index (κ1) is 14.4. The van der Waals surface area contributed by atoms with Crippen molar-refractivity contribution in [2.45, 2.75) is 38.8 Å². The standard InChI is InChI=1S/C15H19BrN2O/c1-10-13(15(2,3)19)6-7-18(10)12-5-4-11(9-17)14(16)8-12/h4-5,8,10,13,19H,6-7H2,1-3H3/t10-,13-/m0/s1. The quantitative estimate of drug-likeness (QED) is 0.908. The number of anilines is 1. The zero-order valence-electron chi connectivity index (χ0n) is 11.5. The lowest BCUT2D eigenvalue weighted by atomic mass is 9.85. The van der Waals surface area contributed by atoms with E-state index in [0.717, 1.165) is 23.1 Å². The maximum Gasteiger partial charge on any atom is 0.100 e. The number of halogens is 1. The van der Waals surface area contributed by atoms with Gasteiger partial charge in [0.15, 0.2) is 0 Å². The second-order valence-electron chi connectivity index (χ2n) is 5.76. The molecule has 1 aromatic carbocycles. The molecule has 0 aromatic heterocycles. The van der Waals surface area contributed by atoms with Crippen molar-refractivity contribution < 1.29 is 5.11 Å². The van der Waals surface area contributed by atoms with Crippen molar-refractivity contribution in [3.8, 4) is 6.07 Å². The molecule has 0 saturated carbocycles. The Hall–Kier alpha value is -1.05. The van der Waals surface area contributed by atoms with Crippen LogP contribution in [0.25, 0.3) is 0 Å². The summed E-state index contributed by atoms with van der Waals surface area (Å²) in [6.07, 6.45) is 0.988. The van der Waals surface area contributed by atoms with E-state index in [1.165, 1.54) is 0 Å². The monoisotopic (exact) mass is 322 g/mol. The van der Waals surface area contributed by atoms with Crippen molar-refractivity contribution in [3.63, 3.8) is 0 Å². The van der Waals surface area contributed by atoms with E-state index in [-0.39, 0.29) is 5.92 Å². The molecule has 2 atom stereocenters. The van der Waals surface area contributed by atoms with Gasteiger partial charge in [-0.05, 0) is 61.3 Å². The Bertz CT molecular complexity index is 516. The first-order valence-corrected chi connectivity index (χ1v) is 7.32. The topological polar surface area (TPSA) is 47.3 Å². The van der Waals surface area contributed by atoms with Gasteiger partial charge in [-0.2, -0.15) is 5.26 Å². The fraction of sp³-hybridized carbons (Fsp3) is 0.533. The molecule has 1 N–H and O–H groups in total. The Kier molecular flexibility index (Phi) is 3.89. The Morgan fingerprint density at radius 2 is 2.16 bits per heavy atom. The van der Waals surface area contributed by atoms with Gasteiger partial charge in [-0.3, -0.25) is 0 Å². The Morgan fingerprint density at radius 1 is 1.47 bits per heavy atom. The smallest absolute Gasteiger partial charge is 0.100 e. The summed E-state index contributed by atoms with van der Waals surface area (Å²) in [6, 6.07) is 8.25.